The minimum Gasteiger partial charge on any atom is -0.465 e. The Hall–Kier alpha value is -4.33. The molecular weight excluding hydrogens is 489 g/mol. The van der Waals surface area contributed by atoms with E-state index in [1.54, 1.807) is 19.1 Å². The maximum absolute atomic E-state index is 15.0. The molecule has 198 valence electrons. The topological polar surface area (TPSA) is 188 Å². The third-order valence-electron chi connectivity index (χ3n) is 5.16. The van der Waals surface area contributed by atoms with Crippen LogP contribution in [0.15, 0.2) is 40.7 Å². The maximum atomic E-state index is 15.0. The summed E-state index contributed by atoms with van der Waals surface area (Å²) in [5.74, 6) is -1.31. The number of aromatic nitrogens is 2. The van der Waals surface area contributed by atoms with Gasteiger partial charge >= 0.3 is 12.1 Å². The number of nitrogens with zero attached hydrogens (tertiary/aromatic N) is 5. The monoisotopic (exact) mass is 517 g/mol. The van der Waals surface area contributed by atoms with Crippen LogP contribution in [-0.2, 0) is 25.7 Å². The molecule has 0 radical (unpaired) electrons. The van der Waals surface area contributed by atoms with Gasteiger partial charge in [0.05, 0.1) is 37.9 Å². The molecule has 1 aromatic heterocycles. The van der Waals surface area contributed by atoms with Gasteiger partial charge < -0.3 is 35.8 Å². The zero-order valence-electron chi connectivity index (χ0n) is 20.2. The molecule has 0 spiro atoms. The number of aliphatic hydroxyl groups excluding tert-OH is 1. The number of carbonyl (C=O) groups is 2. The molecule has 13 nitrogen and oxygen atoms in total. The van der Waals surface area contributed by atoms with E-state index in [2.05, 4.69) is 20.1 Å². The first-order chi connectivity index (χ1) is 17.8. The number of nitrogens with two attached hydrogens (primary N) is 2. The van der Waals surface area contributed by atoms with Crippen LogP contribution >= 0.6 is 0 Å². The molecule has 1 aliphatic heterocycles. The molecule has 37 heavy (non-hydrogen) atoms. The summed E-state index contributed by atoms with van der Waals surface area (Å²) in [6.07, 6.45) is 2.22. The van der Waals surface area contributed by atoms with E-state index in [1.807, 2.05) is 4.90 Å². The van der Waals surface area contributed by atoms with Crippen molar-refractivity contribution in [2.24, 2.45) is 27.5 Å². The van der Waals surface area contributed by atoms with Gasteiger partial charge in [0.15, 0.2) is 5.96 Å². The van der Waals surface area contributed by atoms with Crippen LogP contribution in [0, 0.1) is 11.7 Å². The summed E-state index contributed by atoms with van der Waals surface area (Å²) in [4.78, 5) is 41.6. The van der Waals surface area contributed by atoms with E-state index < -0.39 is 17.9 Å². The highest BCUT2D eigenvalue weighted by molar-refractivity contribution is 5.98. The van der Waals surface area contributed by atoms with Gasteiger partial charge in [0, 0.05) is 35.5 Å². The van der Waals surface area contributed by atoms with Crippen LogP contribution in [0.1, 0.15) is 18.9 Å². The second-order valence-electron chi connectivity index (χ2n) is 8.04. The number of aliphatic hydroxyl groups is 1. The molecule has 1 unspecified atom stereocenters. The van der Waals surface area contributed by atoms with Crippen LogP contribution in [0.4, 0.5) is 15.1 Å². The molecule has 1 amide bonds. The van der Waals surface area contributed by atoms with Gasteiger partial charge in [-0.05, 0) is 0 Å². The van der Waals surface area contributed by atoms with Gasteiger partial charge in [-0.15, -0.1) is 4.99 Å². The fourth-order valence-electron chi connectivity index (χ4n) is 3.11. The first-order valence-electron chi connectivity index (χ1n) is 11.4. The predicted molar refractivity (Wildman–Crippen MR) is 131 cm³/mol. The highest BCUT2D eigenvalue weighted by Gasteiger charge is 2.25. The Bertz CT molecular complexity index is 1150. The van der Waals surface area contributed by atoms with Crippen molar-refractivity contribution in [3.8, 4) is 11.1 Å². The normalized spacial score (nSPS) is 13.3. The van der Waals surface area contributed by atoms with Crippen molar-refractivity contribution in [3.05, 3.63) is 42.0 Å². The van der Waals surface area contributed by atoms with Crippen LogP contribution in [0.25, 0.3) is 11.1 Å². The third kappa shape index (κ3) is 7.83. The number of oxime groups is 1. The average Bonchev–Trinajstić information content (AvgIpc) is 2.86. The van der Waals surface area contributed by atoms with E-state index in [0.717, 1.165) is 5.71 Å². The van der Waals surface area contributed by atoms with Crippen molar-refractivity contribution in [3.63, 3.8) is 0 Å². The van der Waals surface area contributed by atoms with Crippen LogP contribution in [0.2, 0.25) is 0 Å². The Labute approximate surface area is 211 Å². The molecule has 0 aliphatic carbocycles. The number of halogens is 1. The van der Waals surface area contributed by atoms with E-state index in [1.165, 1.54) is 18.5 Å². The molecule has 1 fully saturated rings. The second-order valence-corrected chi connectivity index (χ2v) is 8.04. The number of esters is 1. The SMILES string of the molecule is CCC(=O)OCC(CO)CON=C1CN(c2ncc(-c3cccc(COC(=O)N=C(N)N)c3F)cn2)C1. The summed E-state index contributed by atoms with van der Waals surface area (Å²) >= 11 is 0. The van der Waals surface area contributed by atoms with E-state index in [4.69, 9.17) is 25.8 Å². The van der Waals surface area contributed by atoms with Gasteiger partial charge in [-0.25, -0.2) is 19.2 Å². The van der Waals surface area contributed by atoms with Crippen molar-refractivity contribution < 1.29 is 33.4 Å². The Kier molecular flexibility index (Phi) is 9.66. The van der Waals surface area contributed by atoms with Gasteiger partial charge in [-0.2, -0.15) is 0 Å². The number of benzene rings is 1. The number of amides is 1. The first kappa shape index (κ1) is 27.3. The molecule has 3 rings (SSSR count). The molecule has 2 aromatic rings. The van der Waals surface area contributed by atoms with E-state index in [-0.39, 0.29) is 55.9 Å². The minimum atomic E-state index is -1.02. The lowest BCUT2D eigenvalue weighted by molar-refractivity contribution is -0.145. The zero-order chi connectivity index (χ0) is 26.8. The summed E-state index contributed by atoms with van der Waals surface area (Å²) < 4.78 is 24.8. The number of hydrogen-bond donors (Lipinski definition) is 3. The maximum Gasteiger partial charge on any atom is 0.437 e. The lowest BCUT2D eigenvalue weighted by Gasteiger charge is -2.32. The number of aliphatic imine (C=N–C) groups is 1. The summed E-state index contributed by atoms with van der Waals surface area (Å²) in [6.45, 7) is 2.20. The van der Waals surface area contributed by atoms with Gasteiger partial charge in [-0.3, -0.25) is 4.79 Å². The number of carbonyl (C=O) groups excluding carboxylic acids is 2. The van der Waals surface area contributed by atoms with Crippen LogP contribution in [0.5, 0.6) is 0 Å². The van der Waals surface area contributed by atoms with Crippen molar-refractivity contribution >= 4 is 29.7 Å². The summed E-state index contributed by atoms with van der Waals surface area (Å²) in [5.41, 5.74) is 11.8. The Morgan fingerprint density at radius 3 is 2.57 bits per heavy atom. The van der Waals surface area contributed by atoms with Crippen LogP contribution in [0.3, 0.4) is 0 Å². The average molecular weight is 518 g/mol. The Morgan fingerprint density at radius 1 is 1.19 bits per heavy atom. The fraction of sp³-hybridized carbons (Fsp3) is 0.391. The number of hydrogen-bond acceptors (Lipinski definition) is 10. The molecule has 0 bridgehead atoms. The highest BCUT2D eigenvalue weighted by Crippen LogP contribution is 2.26. The number of rotatable bonds is 11. The third-order valence-corrected chi connectivity index (χ3v) is 5.16. The molecular formula is C23H28FN7O6. The number of guanidine groups is 1. The quantitative estimate of drug-likeness (QED) is 0.167. The summed E-state index contributed by atoms with van der Waals surface area (Å²) in [6, 6.07) is 4.65. The fourth-order valence-corrected chi connectivity index (χ4v) is 3.11. The molecule has 1 aliphatic rings. The highest BCUT2D eigenvalue weighted by atomic mass is 19.1. The summed E-state index contributed by atoms with van der Waals surface area (Å²) in [7, 11) is 0. The lowest BCUT2D eigenvalue weighted by atomic mass is 10.1. The van der Waals surface area contributed by atoms with Crippen molar-refractivity contribution in [2.45, 2.75) is 20.0 Å². The Morgan fingerprint density at radius 2 is 1.92 bits per heavy atom. The zero-order valence-corrected chi connectivity index (χ0v) is 20.2. The van der Waals surface area contributed by atoms with Gasteiger partial charge in [0.25, 0.3) is 0 Å². The van der Waals surface area contributed by atoms with Gasteiger partial charge in [0.2, 0.25) is 5.95 Å². The van der Waals surface area contributed by atoms with E-state index in [9.17, 15) is 19.1 Å². The molecule has 5 N–H and O–H groups in total. The molecule has 0 saturated carbocycles. The predicted octanol–water partition coefficient (Wildman–Crippen LogP) is 0.947. The first-order valence-corrected chi connectivity index (χ1v) is 11.4. The lowest BCUT2D eigenvalue weighted by Crippen LogP contribution is -2.48. The smallest absolute Gasteiger partial charge is 0.437 e. The number of anilines is 1. The van der Waals surface area contributed by atoms with E-state index in [0.29, 0.717) is 24.6 Å². The second kappa shape index (κ2) is 13.1. The molecule has 1 saturated heterocycles. The van der Waals surface area contributed by atoms with Gasteiger partial charge in [-0.1, -0.05) is 30.3 Å². The van der Waals surface area contributed by atoms with Crippen molar-refractivity contribution in [1.82, 2.24) is 9.97 Å². The summed E-state index contributed by atoms with van der Waals surface area (Å²) in [5, 5.41) is 13.4. The Balaban J connectivity index is 1.52. The molecule has 14 heteroatoms. The van der Waals surface area contributed by atoms with Crippen LogP contribution < -0.4 is 16.4 Å². The van der Waals surface area contributed by atoms with Crippen LogP contribution in [-0.4, -0.2) is 71.7 Å². The van der Waals surface area contributed by atoms with Gasteiger partial charge in [0.1, 0.15) is 19.0 Å². The van der Waals surface area contributed by atoms with Crippen molar-refractivity contribution in [2.75, 3.05) is 37.8 Å². The van der Waals surface area contributed by atoms with Crippen molar-refractivity contribution in [1.29, 1.82) is 0 Å². The standard InChI is InChI=1S/C23H28FN7O6/c1-2-19(33)35-11-14(10-32)12-37-30-17-8-31(9-17)22-27-6-16(7-28-22)18-5-3-4-15(20(18)24)13-36-23(34)29-21(25)26/h3-7,14,32H,2,8-13H2,1H3,(H4,25,26,29,34). The largest absolute Gasteiger partial charge is 0.465 e. The number of ether oxygens (including phenoxy) is 2. The minimum absolute atomic E-state index is 0.0625. The van der Waals surface area contributed by atoms with E-state index >= 15 is 0 Å². The molecule has 1 aromatic carbocycles. The molecule has 1 atom stereocenters. The molecule has 2 heterocycles.